The lowest BCUT2D eigenvalue weighted by Gasteiger charge is -2.36. The maximum absolute atomic E-state index is 14.1. The lowest BCUT2D eigenvalue weighted by molar-refractivity contribution is -0.147. The van der Waals surface area contributed by atoms with Gasteiger partial charge in [-0.25, -0.2) is 0 Å². The molecule has 3 amide bonds. The third-order valence-corrected chi connectivity index (χ3v) is 9.54. The first-order valence-corrected chi connectivity index (χ1v) is 14.8. The molecule has 0 aromatic heterocycles. The van der Waals surface area contributed by atoms with E-state index in [4.69, 9.17) is 9.47 Å². The number of likely N-dealkylation sites (tertiary alicyclic amines) is 1. The number of morpholine rings is 1. The van der Waals surface area contributed by atoms with Gasteiger partial charge in [-0.15, -0.1) is 0 Å². The molecule has 4 saturated heterocycles. The Balaban J connectivity index is 1.37. The molecule has 3 unspecified atom stereocenters. The normalized spacial score (nSPS) is 33.3. The molecule has 4 aliphatic heterocycles. The van der Waals surface area contributed by atoms with E-state index in [1.54, 1.807) is 4.90 Å². The fourth-order valence-electron chi connectivity index (χ4n) is 7.40. The number of hydrogen-bond donors (Lipinski definition) is 3. The topological polar surface area (TPSA) is 120 Å². The highest BCUT2D eigenvalue weighted by atomic mass is 16.5. The molecule has 1 aromatic carbocycles. The van der Waals surface area contributed by atoms with E-state index < -0.39 is 29.1 Å². The summed E-state index contributed by atoms with van der Waals surface area (Å²) < 4.78 is 12.2. The Hall–Kier alpha value is -2.53. The Bertz CT molecular complexity index is 1070. The number of nitrogens with zero attached hydrogens (tertiary/aromatic N) is 2. The fraction of sp³-hybridized carbons (Fsp3) is 0.700. The van der Waals surface area contributed by atoms with Gasteiger partial charge >= 0.3 is 0 Å². The summed E-state index contributed by atoms with van der Waals surface area (Å²) in [6.07, 6.45) is 2.61. The molecule has 4 aliphatic rings. The van der Waals surface area contributed by atoms with Crippen molar-refractivity contribution in [2.75, 3.05) is 52.5 Å². The standard InChI is InChI=1S/C30H44N4O6/c1-21-19-30-24(23(29(21,2)40-30)26(36)32-20-22-9-5-3-6-10-22)28(38)34(12-7-4-8-16-35)25(30)27(37)31-11-13-33-14-17-39-18-15-33/h3,5-6,9-10,21,23-25,35H,4,7-8,11-20H2,1-2H3,(H,31,37)(H,32,36)/t21?,23-,24+,25?,29+,30?/m1/s1. The van der Waals surface area contributed by atoms with Crippen molar-refractivity contribution in [3.8, 4) is 0 Å². The number of aliphatic hydroxyl groups is 1. The maximum atomic E-state index is 14.1. The lowest BCUT2D eigenvalue weighted by atomic mass is 9.62. The number of fused-ring (bicyclic) bond motifs is 1. The minimum atomic E-state index is -1.04. The van der Waals surface area contributed by atoms with E-state index >= 15 is 0 Å². The summed E-state index contributed by atoms with van der Waals surface area (Å²) >= 11 is 0. The second-order valence-corrected chi connectivity index (χ2v) is 12.0. The van der Waals surface area contributed by atoms with Gasteiger partial charge in [-0.3, -0.25) is 19.3 Å². The number of hydrogen-bond acceptors (Lipinski definition) is 7. The predicted molar refractivity (Wildman–Crippen MR) is 148 cm³/mol. The van der Waals surface area contributed by atoms with Gasteiger partial charge in [0.1, 0.15) is 11.6 Å². The molecule has 0 radical (unpaired) electrons. The molecule has 40 heavy (non-hydrogen) atoms. The molecule has 0 saturated carbocycles. The Kier molecular flexibility index (Phi) is 8.80. The smallest absolute Gasteiger partial charge is 0.245 e. The van der Waals surface area contributed by atoms with Crippen LogP contribution in [-0.2, 0) is 30.4 Å². The molecule has 220 valence electrons. The van der Waals surface area contributed by atoms with Crippen LogP contribution in [-0.4, -0.2) is 102 Å². The molecule has 10 nitrogen and oxygen atoms in total. The number of aliphatic hydroxyl groups excluding tert-OH is 1. The first-order chi connectivity index (χ1) is 19.3. The number of rotatable bonds is 12. The number of carbonyl (C=O) groups excluding carboxylic acids is 3. The fourth-order valence-corrected chi connectivity index (χ4v) is 7.40. The van der Waals surface area contributed by atoms with Crippen molar-refractivity contribution in [1.29, 1.82) is 0 Å². The number of unbranched alkanes of at least 4 members (excludes halogenated alkanes) is 2. The maximum Gasteiger partial charge on any atom is 0.245 e. The van der Waals surface area contributed by atoms with Gasteiger partial charge in [0.15, 0.2) is 0 Å². The van der Waals surface area contributed by atoms with Gasteiger partial charge in [0.25, 0.3) is 0 Å². The van der Waals surface area contributed by atoms with E-state index in [1.807, 2.05) is 37.3 Å². The highest BCUT2D eigenvalue weighted by molar-refractivity contribution is 5.99. The van der Waals surface area contributed by atoms with Gasteiger partial charge in [0.05, 0.1) is 30.7 Å². The van der Waals surface area contributed by atoms with Crippen molar-refractivity contribution in [1.82, 2.24) is 20.4 Å². The minimum Gasteiger partial charge on any atom is -0.396 e. The first-order valence-electron chi connectivity index (χ1n) is 14.8. The van der Waals surface area contributed by atoms with Crippen molar-refractivity contribution >= 4 is 17.7 Å². The molecule has 1 aromatic rings. The zero-order valence-corrected chi connectivity index (χ0v) is 23.8. The van der Waals surface area contributed by atoms with Gasteiger partial charge < -0.3 is 30.1 Å². The van der Waals surface area contributed by atoms with Gasteiger partial charge in [-0.05, 0) is 44.1 Å². The van der Waals surface area contributed by atoms with Crippen molar-refractivity contribution in [2.24, 2.45) is 17.8 Å². The SMILES string of the molecule is CC1CC23O[C@]1(C)[C@@H](C(=O)NCc1ccccc1)[C@H]2C(=O)N(CCCCCO)C3C(=O)NCCN1CCOCC1. The van der Waals surface area contributed by atoms with Crippen LogP contribution in [0, 0.1) is 17.8 Å². The minimum absolute atomic E-state index is 0.00186. The Morgan fingerprint density at radius 3 is 2.52 bits per heavy atom. The Morgan fingerprint density at radius 2 is 1.80 bits per heavy atom. The van der Waals surface area contributed by atoms with Gasteiger partial charge in [-0.1, -0.05) is 37.3 Å². The molecule has 4 heterocycles. The summed E-state index contributed by atoms with van der Waals surface area (Å²) in [5.74, 6) is -1.98. The number of amides is 3. The van der Waals surface area contributed by atoms with Crippen LogP contribution in [0.4, 0.5) is 0 Å². The first kappa shape index (κ1) is 29.0. The Morgan fingerprint density at radius 1 is 1.05 bits per heavy atom. The molecule has 1 spiro atoms. The van der Waals surface area contributed by atoms with Crippen LogP contribution < -0.4 is 10.6 Å². The van der Waals surface area contributed by atoms with Gasteiger partial charge in [0.2, 0.25) is 17.7 Å². The second-order valence-electron chi connectivity index (χ2n) is 12.0. The molecule has 4 fully saturated rings. The summed E-state index contributed by atoms with van der Waals surface area (Å²) in [5, 5.41) is 15.4. The summed E-state index contributed by atoms with van der Waals surface area (Å²) in [5.41, 5.74) is -0.898. The van der Waals surface area contributed by atoms with Crippen molar-refractivity contribution < 1.29 is 29.0 Å². The van der Waals surface area contributed by atoms with Crippen LogP contribution in [0.2, 0.25) is 0 Å². The highest BCUT2D eigenvalue weighted by Gasteiger charge is 2.79. The molecule has 6 atom stereocenters. The molecule has 5 rings (SSSR count). The third kappa shape index (κ3) is 5.26. The van der Waals surface area contributed by atoms with Crippen molar-refractivity contribution in [3.63, 3.8) is 0 Å². The van der Waals surface area contributed by atoms with E-state index in [0.717, 1.165) is 25.1 Å². The predicted octanol–water partition coefficient (Wildman–Crippen LogP) is 0.925. The summed E-state index contributed by atoms with van der Waals surface area (Å²) in [7, 11) is 0. The van der Waals surface area contributed by atoms with Crippen LogP contribution in [0.1, 0.15) is 45.1 Å². The van der Waals surface area contributed by atoms with Crippen LogP contribution in [0.3, 0.4) is 0 Å². The molecule has 3 N–H and O–H groups in total. The number of benzene rings is 1. The van der Waals surface area contributed by atoms with E-state index in [1.165, 1.54) is 0 Å². The molecule has 10 heteroatoms. The number of nitrogens with one attached hydrogen (secondary N) is 2. The number of carbonyl (C=O) groups is 3. The molecule has 2 bridgehead atoms. The summed E-state index contributed by atoms with van der Waals surface area (Å²) in [6.45, 7) is 9.07. The van der Waals surface area contributed by atoms with Crippen LogP contribution in [0.5, 0.6) is 0 Å². The summed E-state index contributed by atoms with van der Waals surface area (Å²) in [4.78, 5) is 45.7. The highest BCUT2D eigenvalue weighted by Crippen LogP contribution is 2.65. The number of ether oxygens (including phenoxy) is 2. The second kappa shape index (κ2) is 12.1. The summed E-state index contributed by atoms with van der Waals surface area (Å²) in [6, 6.07) is 8.90. The van der Waals surface area contributed by atoms with Crippen LogP contribution in [0.25, 0.3) is 0 Å². The van der Waals surface area contributed by atoms with E-state index in [2.05, 4.69) is 22.5 Å². The third-order valence-electron chi connectivity index (χ3n) is 9.54. The van der Waals surface area contributed by atoms with Crippen molar-refractivity contribution in [3.05, 3.63) is 35.9 Å². The van der Waals surface area contributed by atoms with E-state index in [9.17, 15) is 19.5 Å². The monoisotopic (exact) mass is 556 g/mol. The average Bonchev–Trinajstić information content (AvgIpc) is 3.47. The zero-order valence-electron chi connectivity index (χ0n) is 23.8. The van der Waals surface area contributed by atoms with Gasteiger partial charge in [-0.2, -0.15) is 0 Å². The molecular weight excluding hydrogens is 512 g/mol. The molecular formula is C30H44N4O6. The Labute approximate surface area is 236 Å². The lowest BCUT2D eigenvalue weighted by Crippen LogP contribution is -2.56. The van der Waals surface area contributed by atoms with Gasteiger partial charge in [0, 0.05) is 45.9 Å². The zero-order chi connectivity index (χ0) is 28.3. The van der Waals surface area contributed by atoms with Crippen molar-refractivity contribution in [2.45, 2.75) is 63.3 Å². The van der Waals surface area contributed by atoms with Crippen LogP contribution in [0.15, 0.2) is 30.3 Å². The average molecular weight is 557 g/mol. The van der Waals surface area contributed by atoms with E-state index in [0.29, 0.717) is 58.7 Å². The van der Waals surface area contributed by atoms with E-state index in [-0.39, 0.29) is 30.2 Å². The quantitative estimate of drug-likeness (QED) is 0.328. The van der Waals surface area contributed by atoms with Crippen LogP contribution >= 0.6 is 0 Å². The largest absolute Gasteiger partial charge is 0.396 e. The molecule has 0 aliphatic carbocycles.